The molecule has 5 heteroatoms. The van der Waals surface area contributed by atoms with Gasteiger partial charge < -0.3 is 9.30 Å². The molecule has 23 heavy (non-hydrogen) atoms. The van der Waals surface area contributed by atoms with E-state index in [-0.39, 0.29) is 0 Å². The predicted molar refractivity (Wildman–Crippen MR) is 92.5 cm³/mol. The number of thioether (sulfide) groups is 1. The molecule has 0 aliphatic heterocycles. The first-order chi connectivity index (χ1) is 11.3. The van der Waals surface area contributed by atoms with Crippen molar-refractivity contribution in [3.8, 4) is 0 Å². The molecule has 4 nitrogen and oxygen atoms in total. The Balaban J connectivity index is 1.30. The minimum absolute atomic E-state index is 0.683. The zero-order valence-corrected chi connectivity index (χ0v) is 15.1. The van der Waals surface area contributed by atoms with Crippen LogP contribution in [0.15, 0.2) is 11.5 Å². The molecular formula is C18H29N3OS. The fourth-order valence-corrected chi connectivity index (χ4v) is 6.97. The monoisotopic (exact) mass is 335 g/mol. The van der Waals surface area contributed by atoms with E-state index in [9.17, 15) is 0 Å². The minimum atomic E-state index is 0.683. The lowest BCUT2D eigenvalue weighted by Gasteiger charge is -2.57. The van der Waals surface area contributed by atoms with Crippen LogP contribution in [-0.2, 0) is 11.3 Å². The van der Waals surface area contributed by atoms with E-state index in [1.165, 1.54) is 31.4 Å². The summed E-state index contributed by atoms with van der Waals surface area (Å²) >= 11 is 1.91. The number of hydrogen-bond acceptors (Lipinski definition) is 4. The van der Waals surface area contributed by atoms with Crippen molar-refractivity contribution < 1.29 is 4.74 Å². The molecule has 1 aromatic rings. The Hall–Kier alpha value is -0.550. The number of hydrogen-bond donors (Lipinski definition) is 0. The molecule has 128 valence electrons. The van der Waals surface area contributed by atoms with E-state index in [4.69, 9.17) is 4.74 Å². The molecule has 0 unspecified atom stereocenters. The molecule has 0 aromatic carbocycles. The van der Waals surface area contributed by atoms with Gasteiger partial charge in [0.05, 0.1) is 0 Å². The van der Waals surface area contributed by atoms with Crippen LogP contribution in [0.5, 0.6) is 0 Å². The molecule has 0 radical (unpaired) electrons. The van der Waals surface area contributed by atoms with Crippen molar-refractivity contribution in [3.05, 3.63) is 6.33 Å². The maximum Gasteiger partial charge on any atom is 0.190 e. The van der Waals surface area contributed by atoms with Gasteiger partial charge >= 0.3 is 0 Å². The summed E-state index contributed by atoms with van der Waals surface area (Å²) in [5.41, 5.74) is 0.683. The lowest BCUT2D eigenvalue weighted by molar-refractivity contribution is -0.0538. The molecule has 4 saturated carbocycles. The Morgan fingerprint density at radius 2 is 1.91 bits per heavy atom. The van der Waals surface area contributed by atoms with Crippen molar-refractivity contribution in [2.24, 2.45) is 23.2 Å². The maximum atomic E-state index is 5.14. The molecule has 1 heterocycles. The lowest BCUT2D eigenvalue weighted by atomic mass is 9.49. The van der Waals surface area contributed by atoms with Crippen LogP contribution in [0, 0.1) is 23.2 Å². The van der Waals surface area contributed by atoms with Crippen molar-refractivity contribution in [3.63, 3.8) is 0 Å². The SMILES string of the molecule is COCCCn1cnnc1SCCC12CC3CC(CC(C3)C1)C2. The normalized spacial score (nSPS) is 35.1. The molecule has 0 saturated heterocycles. The third-order valence-corrected chi connectivity index (χ3v) is 7.34. The molecule has 4 aliphatic carbocycles. The van der Waals surface area contributed by atoms with E-state index in [2.05, 4.69) is 14.8 Å². The second-order valence-corrected chi connectivity index (χ2v) is 9.23. The minimum Gasteiger partial charge on any atom is -0.385 e. The summed E-state index contributed by atoms with van der Waals surface area (Å²) in [6.45, 7) is 1.76. The highest BCUT2D eigenvalue weighted by Crippen LogP contribution is 2.61. The van der Waals surface area contributed by atoms with Gasteiger partial charge in [0.15, 0.2) is 5.16 Å². The second kappa shape index (κ2) is 6.75. The van der Waals surface area contributed by atoms with E-state index >= 15 is 0 Å². The third-order valence-electron chi connectivity index (χ3n) is 6.36. The quantitative estimate of drug-likeness (QED) is 0.531. The number of methoxy groups -OCH3 is 1. The first-order valence-electron chi connectivity index (χ1n) is 9.26. The molecule has 0 atom stereocenters. The van der Waals surface area contributed by atoms with Crippen LogP contribution < -0.4 is 0 Å². The van der Waals surface area contributed by atoms with Gasteiger partial charge in [0.25, 0.3) is 0 Å². The molecule has 4 aliphatic rings. The van der Waals surface area contributed by atoms with Gasteiger partial charge in [-0.05, 0) is 74.5 Å². The first kappa shape index (κ1) is 15.9. The number of rotatable bonds is 8. The molecule has 0 amide bonds. The van der Waals surface area contributed by atoms with Crippen molar-refractivity contribution >= 4 is 11.8 Å². The Bertz CT molecular complexity index is 495. The Kier molecular flexibility index (Phi) is 4.68. The van der Waals surface area contributed by atoms with Gasteiger partial charge in [-0.2, -0.15) is 0 Å². The zero-order chi connectivity index (χ0) is 15.7. The van der Waals surface area contributed by atoms with Crippen molar-refractivity contribution in [2.45, 2.75) is 63.1 Å². The molecule has 4 bridgehead atoms. The van der Waals surface area contributed by atoms with Gasteiger partial charge in [-0.15, -0.1) is 10.2 Å². The average molecular weight is 336 g/mol. The standard InChI is InChI=1S/C18H29N3OS/c1-22-5-2-4-21-13-19-20-17(21)23-6-3-18-10-14-7-15(11-18)9-16(8-14)12-18/h13-16H,2-12H2,1H3. The summed E-state index contributed by atoms with van der Waals surface area (Å²) < 4.78 is 7.32. The van der Waals surface area contributed by atoms with Gasteiger partial charge in [0.2, 0.25) is 0 Å². The number of nitrogens with zero attached hydrogens (tertiary/aromatic N) is 3. The number of aromatic nitrogens is 3. The predicted octanol–water partition coefficient (Wildman–Crippen LogP) is 4.01. The van der Waals surface area contributed by atoms with Crippen molar-refractivity contribution in [1.29, 1.82) is 0 Å². The van der Waals surface area contributed by atoms with Crippen LogP contribution in [0.25, 0.3) is 0 Å². The van der Waals surface area contributed by atoms with Gasteiger partial charge in [0.1, 0.15) is 6.33 Å². The van der Waals surface area contributed by atoms with E-state index in [1.807, 2.05) is 18.1 Å². The number of aryl methyl sites for hydroxylation is 1. The summed E-state index contributed by atoms with van der Waals surface area (Å²) in [6, 6.07) is 0. The number of ether oxygens (including phenoxy) is 1. The highest BCUT2D eigenvalue weighted by atomic mass is 32.2. The molecule has 0 spiro atoms. The van der Waals surface area contributed by atoms with Crippen LogP contribution in [-0.4, -0.2) is 34.2 Å². The maximum absolute atomic E-state index is 5.14. The van der Waals surface area contributed by atoms with Crippen LogP contribution >= 0.6 is 11.8 Å². The summed E-state index contributed by atoms with van der Waals surface area (Å²) in [7, 11) is 1.76. The van der Waals surface area contributed by atoms with E-state index in [0.29, 0.717) is 5.41 Å². The molecule has 4 fully saturated rings. The third kappa shape index (κ3) is 3.46. The van der Waals surface area contributed by atoms with Crippen LogP contribution in [0.4, 0.5) is 0 Å². The molecule has 0 N–H and O–H groups in total. The topological polar surface area (TPSA) is 39.9 Å². The van der Waals surface area contributed by atoms with Crippen LogP contribution in [0.1, 0.15) is 51.4 Å². The van der Waals surface area contributed by atoms with E-state index < -0.39 is 0 Å². The smallest absolute Gasteiger partial charge is 0.190 e. The Labute approximate surface area is 143 Å². The summed E-state index contributed by atoms with van der Waals surface area (Å²) in [5.74, 6) is 4.38. The Morgan fingerprint density at radius 1 is 1.22 bits per heavy atom. The van der Waals surface area contributed by atoms with Crippen molar-refractivity contribution in [2.75, 3.05) is 19.5 Å². The van der Waals surface area contributed by atoms with E-state index in [0.717, 1.165) is 42.5 Å². The second-order valence-electron chi connectivity index (χ2n) is 8.17. The van der Waals surface area contributed by atoms with Crippen LogP contribution in [0.3, 0.4) is 0 Å². The summed E-state index contributed by atoms with van der Waals surface area (Å²) in [5, 5.41) is 9.50. The fourth-order valence-electron chi connectivity index (χ4n) is 5.84. The first-order valence-corrected chi connectivity index (χ1v) is 10.2. The fraction of sp³-hybridized carbons (Fsp3) is 0.889. The lowest BCUT2D eigenvalue weighted by Crippen LogP contribution is -2.46. The van der Waals surface area contributed by atoms with Gasteiger partial charge in [0, 0.05) is 26.0 Å². The average Bonchev–Trinajstić information content (AvgIpc) is 2.93. The van der Waals surface area contributed by atoms with Gasteiger partial charge in [-0.3, -0.25) is 0 Å². The largest absolute Gasteiger partial charge is 0.385 e. The van der Waals surface area contributed by atoms with Crippen molar-refractivity contribution in [1.82, 2.24) is 14.8 Å². The van der Waals surface area contributed by atoms with Gasteiger partial charge in [-0.25, -0.2) is 0 Å². The Morgan fingerprint density at radius 3 is 2.57 bits per heavy atom. The van der Waals surface area contributed by atoms with E-state index in [1.54, 1.807) is 26.4 Å². The summed E-state index contributed by atoms with van der Waals surface area (Å²) in [6.07, 6.45) is 13.4. The van der Waals surface area contributed by atoms with Crippen LogP contribution in [0.2, 0.25) is 0 Å². The molecule has 1 aromatic heterocycles. The summed E-state index contributed by atoms with van der Waals surface area (Å²) in [4.78, 5) is 0. The molecular weight excluding hydrogens is 306 g/mol. The highest BCUT2D eigenvalue weighted by Gasteiger charge is 2.50. The molecule has 5 rings (SSSR count). The highest BCUT2D eigenvalue weighted by molar-refractivity contribution is 7.99. The zero-order valence-electron chi connectivity index (χ0n) is 14.2. The van der Waals surface area contributed by atoms with Gasteiger partial charge in [-0.1, -0.05) is 11.8 Å².